The molecule has 1 amide bonds. The lowest BCUT2D eigenvalue weighted by atomic mass is 10.1. The van der Waals surface area contributed by atoms with Gasteiger partial charge in [-0.3, -0.25) is 9.20 Å². The van der Waals surface area contributed by atoms with Gasteiger partial charge in [-0.1, -0.05) is 6.07 Å². The van der Waals surface area contributed by atoms with Gasteiger partial charge < -0.3 is 14.6 Å². The summed E-state index contributed by atoms with van der Waals surface area (Å²) in [6, 6.07) is 17.2. The number of hydrogen-bond acceptors (Lipinski definition) is 5. The van der Waals surface area contributed by atoms with Crippen molar-refractivity contribution in [3.63, 3.8) is 0 Å². The molecule has 1 aromatic carbocycles. The lowest BCUT2D eigenvalue weighted by Crippen LogP contribution is -2.25. The largest absolute Gasteiger partial charge is 0.497 e. The molecule has 0 aliphatic carbocycles. The van der Waals surface area contributed by atoms with E-state index in [4.69, 9.17) is 4.74 Å². The second-order valence-corrected chi connectivity index (χ2v) is 7.26. The number of nitriles is 1. The number of carbonyl (C=O) groups is 1. The highest BCUT2D eigenvalue weighted by Gasteiger charge is 2.15. The highest BCUT2D eigenvalue weighted by molar-refractivity contribution is 6.01. The summed E-state index contributed by atoms with van der Waals surface area (Å²) in [6.07, 6.45) is 3.44. The first-order valence-corrected chi connectivity index (χ1v) is 10.0. The fourth-order valence-electron chi connectivity index (χ4n) is 3.63. The van der Waals surface area contributed by atoms with Crippen molar-refractivity contribution in [2.75, 3.05) is 7.11 Å². The molecule has 8 nitrogen and oxygen atoms in total. The smallest absolute Gasteiger partial charge is 0.262 e. The molecule has 32 heavy (non-hydrogen) atoms. The van der Waals surface area contributed by atoms with Gasteiger partial charge in [0.1, 0.15) is 17.4 Å². The summed E-state index contributed by atoms with van der Waals surface area (Å²) in [7, 11) is 1.63. The molecule has 8 heteroatoms. The molecule has 4 aromatic rings. The third-order valence-corrected chi connectivity index (χ3v) is 5.26. The number of nitrogens with zero attached hydrogens (tertiary/aromatic N) is 5. The highest BCUT2D eigenvalue weighted by Crippen LogP contribution is 2.24. The van der Waals surface area contributed by atoms with Gasteiger partial charge in [-0.25, -0.2) is 0 Å². The van der Waals surface area contributed by atoms with E-state index in [1.54, 1.807) is 17.6 Å². The number of pyridine rings is 1. The van der Waals surface area contributed by atoms with Crippen LogP contribution in [0, 0.1) is 25.2 Å². The molecule has 0 radical (unpaired) electrons. The minimum atomic E-state index is -0.463. The molecule has 0 atom stereocenters. The van der Waals surface area contributed by atoms with E-state index in [-0.39, 0.29) is 12.1 Å². The number of nitrogens with one attached hydrogen (secondary N) is 1. The summed E-state index contributed by atoms with van der Waals surface area (Å²) in [5, 5.41) is 20.5. The molecule has 0 fully saturated rings. The number of ether oxygens (including phenoxy) is 1. The molecule has 3 aromatic heterocycles. The average Bonchev–Trinajstić information content (AvgIpc) is 3.35. The van der Waals surface area contributed by atoms with Crippen molar-refractivity contribution in [2.45, 2.75) is 20.4 Å². The van der Waals surface area contributed by atoms with Crippen molar-refractivity contribution in [1.82, 2.24) is 24.5 Å². The van der Waals surface area contributed by atoms with Gasteiger partial charge in [0.25, 0.3) is 5.91 Å². The van der Waals surface area contributed by atoms with Gasteiger partial charge in [-0.15, -0.1) is 10.2 Å². The Morgan fingerprint density at radius 2 is 1.97 bits per heavy atom. The average molecular weight is 426 g/mol. The van der Waals surface area contributed by atoms with Crippen LogP contribution >= 0.6 is 0 Å². The molecule has 0 aliphatic heterocycles. The molecule has 3 heterocycles. The second kappa shape index (κ2) is 8.78. The quantitative estimate of drug-likeness (QED) is 0.377. The van der Waals surface area contributed by atoms with E-state index < -0.39 is 5.91 Å². The van der Waals surface area contributed by atoms with E-state index in [2.05, 4.69) is 20.1 Å². The minimum Gasteiger partial charge on any atom is -0.497 e. The lowest BCUT2D eigenvalue weighted by molar-refractivity contribution is -0.117. The van der Waals surface area contributed by atoms with E-state index in [0.717, 1.165) is 28.4 Å². The van der Waals surface area contributed by atoms with Crippen LogP contribution in [0.25, 0.3) is 17.4 Å². The molecule has 4 rings (SSSR count). The number of carbonyl (C=O) groups excluding carboxylic acids is 1. The van der Waals surface area contributed by atoms with E-state index in [9.17, 15) is 10.1 Å². The fraction of sp³-hybridized carbons (Fsp3) is 0.167. The maximum atomic E-state index is 12.7. The number of hydrogen-bond donors (Lipinski definition) is 1. The summed E-state index contributed by atoms with van der Waals surface area (Å²) >= 11 is 0. The third kappa shape index (κ3) is 3.96. The molecule has 0 spiro atoms. The van der Waals surface area contributed by atoms with Gasteiger partial charge in [0.05, 0.1) is 13.7 Å². The SMILES string of the molecule is COc1ccc(-n2c(C)cc(/C=C(\C#N)C(=O)NCc3nnc4ccccn34)c2C)cc1. The molecule has 1 N–H and O–H groups in total. The molecule has 0 saturated heterocycles. The van der Waals surface area contributed by atoms with E-state index in [1.807, 2.05) is 74.6 Å². The molecular formula is C24H22N6O2. The summed E-state index contributed by atoms with van der Waals surface area (Å²) in [6.45, 7) is 4.10. The summed E-state index contributed by atoms with van der Waals surface area (Å²) < 4.78 is 9.09. The summed E-state index contributed by atoms with van der Waals surface area (Å²) in [4.78, 5) is 12.7. The number of rotatable bonds is 6. The van der Waals surface area contributed by atoms with Gasteiger partial charge in [0, 0.05) is 23.3 Å². The number of aromatic nitrogens is 4. The molecular weight excluding hydrogens is 404 g/mol. The lowest BCUT2D eigenvalue weighted by Gasteiger charge is -2.10. The van der Waals surface area contributed by atoms with Gasteiger partial charge in [0.15, 0.2) is 11.5 Å². The molecule has 0 saturated carbocycles. The van der Waals surface area contributed by atoms with Crippen LogP contribution in [0.15, 0.2) is 60.3 Å². The number of fused-ring (bicyclic) bond motifs is 1. The van der Waals surface area contributed by atoms with Crippen LogP contribution in [-0.2, 0) is 11.3 Å². The topological polar surface area (TPSA) is 97.2 Å². The second-order valence-electron chi connectivity index (χ2n) is 7.26. The monoisotopic (exact) mass is 426 g/mol. The number of methoxy groups -OCH3 is 1. The Labute approximate surface area is 185 Å². The molecule has 0 bridgehead atoms. The predicted molar refractivity (Wildman–Crippen MR) is 120 cm³/mol. The van der Waals surface area contributed by atoms with Crippen LogP contribution < -0.4 is 10.1 Å². The minimum absolute atomic E-state index is 0.0220. The Morgan fingerprint density at radius 1 is 1.19 bits per heavy atom. The van der Waals surface area contributed by atoms with E-state index in [0.29, 0.717) is 11.5 Å². The highest BCUT2D eigenvalue weighted by atomic mass is 16.5. The Balaban J connectivity index is 1.56. The van der Waals surface area contributed by atoms with Crippen molar-refractivity contribution in [1.29, 1.82) is 5.26 Å². The first kappa shape index (κ1) is 20.9. The standard InChI is InChI=1S/C24H22N6O2/c1-16-12-18(17(2)30(16)20-7-9-21(32-3)10-8-20)13-19(14-25)24(31)26-15-23-28-27-22-6-4-5-11-29(22)23/h4-13H,15H2,1-3H3,(H,26,31)/b19-13+. The molecule has 0 aliphatic rings. The number of aryl methyl sites for hydroxylation is 1. The van der Waals surface area contributed by atoms with Crippen LogP contribution in [0.3, 0.4) is 0 Å². The zero-order valence-corrected chi connectivity index (χ0v) is 18.0. The van der Waals surface area contributed by atoms with Crippen LogP contribution in [0.1, 0.15) is 22.8 Å². The zero-order chi connectivity index (χ0) is 22.7. The van der Waals surface area contributed by atoms with Gasteiger partial charge >= 0.3 is 0 Å². The first-order chi connectivity index (χ1) is 15.5. The maximum Gasteiger partial charge on any atom is 0.262 e. The van der Waals surface area contributed by atoms with Crippen molar-refractivity contribution in [3.8, 4) is 17.5 Å². The fourth-order valence-corrected chi connectivity index (χ4v) is 3.63. The Morgan fingerprint density at radius 3 is 2.69 bits per heavy atom. The summed E-state index contributed by atoms with van der Waals surface area (Å²) in [5.41, 5.74) is 4.41. The third-order valence-electron chi connectivity index (χ3n) is 5.26. The van der Waals surface area contributed by atoms with Gasteiger partial charge in [-0.05, 0) is 68.0 Å². The van der Waals surface area contributed by atoms with Gasteiger partial charge in [0.2, 0.25) is 0 Å². The van der Waals surface area contributed by atoms with E-state index >= 15 is 0 Å². The molecule has 160 valence electrons. The van der Waals surface area contributed by atoms with E-state index in [1.165, 1.54) is 0 Å². The maximum absolute atomic E-state index is 12.7. The number of amides is 1. The number of benzene rings is 1. The molecule has 0 unspecified atom stereocenters. The van der Waals surface area contributed by atoms with Crippen LogP contribution in [0.5, 0.6) is 5.75 Å². The van der Waals surface area contributed by atoms with Crippen molar-refractivity contribution < 1.29 is 9.53 Å². The Bertz CT molecular complexity index is 1360. The predicted octanol–water partition coefficient (Wildman–Crippen LogP) is 3.37. The van der Waals surface area contributed by atoms with Crippen molar-refractivity contribution in [2.24, 2.45) is 0 Å². The van der Waals surface area contributed by atoms with Crippen LogP contribution in [0.2, 0.25) is 0 Å². The first-order valence-electron chi connectivity index (χ1n) is 10.0. The Hall–Kier alpha value is -4.38. The van der Waals surface area contributed by atoms with Crippen LogP contribution in [-0.4, -0.2) is 32.2 Å². The summed E-state index contributed by atoms with van der Waals surface area (Å²) in [5.74, 6) is 0.901. The van der Waals surface area contributed by atoms with Crippen LogP contribution in [0.4, 0.5) is 0 Å². The zero-order valence-electron chi connectivity index (χ0n) is 18.0. The Kier molecular flexibility index (Phi) is 5.73. The normalized spacial score (nSPS) is 11.4. The van der Waals surface area contributed by atoms with Gasteiger partial charge in [-0.2, -0.15) is 5.26 Å². The van der Waals surface area contributed by atoms with Crippen molar-refractivity contribution >= 4 is 17.6 Å². The van der Waals surface area contributed by atoms with Crippen molar-refractivity contribution in [3.05, 3.63) is 83.1 Å².